The number of imide groups is 1. The number of hydrogen-bond donors (Lipinski definition) is 2. The average Bonchev–Trinajstić information content (AvgIpc) is 2.71. The summed E-state index contributed by atoms with van der Waals surface area (Å²) in [6.45, 7) is 17.6. The van der Waals surface area contributed by atoms with Gasteiger partial charge in [0.15, 0.2) is 0 Å². The largest absolute Gasteiger partial charge is 0.480 e. The van der Waals surface area contributed by atoms with Crippen LogP contribution in [-0.4, -0.2) is 89.3 Å². The molecule has 5 atom stereocenters. The van der Waals surface area contributed by atoms with Crippen molar-refractivity contribution < 1.29 is 33.8 Å². The highest BCUT2D eigenvalue weighted by atomic mass is 16.6. The first kappa shape index (κ1) is 33.8. The van der Waals surface area contributed by atoms with Gasteiger partial charge in [0.25, 0.3) is 0 Å². The van der Waals surface area contributed by atoms with Crippen molar-refractivity contribution in [2.45, 2.75) is 105 Å². The normalized spacial score (nSPS) is 17.2. The van der Waals surface area contributed by atoms with Gasteiger partial charge in [-0.25, -0.2) is 4.79 Å². The van der Waals surface area contributed by atoms with Gasteiger partial charge in [-0.1, -0.05) is 48.0 Å². The van der Waals surface area contributed by atoms with Crippen molar-refractivity contribution in [3.8, 4) is 0 Å². The van der Waals surface area contributed by atoms with Crippen molar-refractivity contribution in [2.75, 3.05) is 21.2 Å². The number of likely N-dealkylation sites (N-methyl/N-ethyl adjacent to an activating group) is 2. The Balaban J connectivity index is 6.27. The van der Waals surface area contributed by atoms with E-state index in [1.54, 1.807) is 62.4 Å². The SMILES string of the molecule is CC[C@H](C)[C@@](C(=O)O)([C@@H](C)OC)N(C)[C@H](C(=O)NC(=O)[C@H](C(C)C)N(C)C(=O)OC(C)(C)C)C(C)C. The number of hydrogen-bond acceptors (Lipinski definition) is 7. The second-order valence-electron chi connectivity index (χ2n) is 11.3. The molecule has 210 valence electrons. The third-order valence-corrected chi connectivity index (χ3v) is 6.83. The van der Waals surface area contributed by atoms with E-state index in [1.165, 1.54) is 24.0 Å². The van der Waals surface area contributed by atoms with Crippen LogP contribution in [0.25, 0.3) is 0 Å². The van der Waals surface area contributed by atoms with E-state index < -0.39 is 53.2 Å². The van der Waals surface area contributed by atoms with Crippen molar-refractivity contribution in [3.63, 3.8) is 0 Å². The van der Waals surface area contributed by atoms with Crippen LogP contribution in [0.5, 0.6) is 0 Å². The summed E-state index contributed by atoms with van der Waals surface area (Å²) in [5.74, 6) is -3.44. The van der Waals surface area contributed by atoms with Crippen LogP contribution in [0.3, 0.4) is 0 Å². The Morgan fingerprint density at radius 3 is 1.67 bits per heavy atom. The number of amides is 3. The number of aliphatic carboxylic acids is 1. The number of ether oxygens (including phenoxy) is 2. The molecular formula is C26H49N3O7. The Morgan fingerprint density at radius 2 is 1.33 bits per heavy atom. The third kappa shape index (κ3) is 7.65. The zero-order valence-electron chi connectivity index (χ0n) is 24.5. The molecule has 0 spiro atoms. The fourth-order valence-electron chi connectivity index (χ4n) is 4.86. The summed E-state index contributed by atoms with van der Waals surface area (Å²) in [7, 11) is 4.47. The average molecular weight is 516 g/mol. The molecule has 0 aliphatic heterocycles. The molecule has 0 heterocycles. The molecule has 3 amide bonds. The van der Waals surface area contributed by atoms with Gasteiger partial charge in [0.05, 0.1) is 12.1 Å². The Bertz CT molecular complexity index is 766. The van der Waals surface area contributed by atoms with Gasteiger partial charge < -0.3 is 14.6 Å². The van der Waals surface area contributed by atoms with Gasteiger partial charge in [-0.3, -0.25) is 29.5 Å². The van der Waals surface area contributed by atoms with Crippen LogP contribution < -0.4 is 5.32 Å². The van der Waals surface area contributed by atoms with Crippen LogP contribution in [0.4, 0.5) is 4.79 Å². The zero-order chi connectivity index (χ0) is 28.8. The van der Waals surface area contributed by atoms with E-state index in [0.29, 0.717) is 6.42 Å². The number of carboxylic acids is 1. The molecule has 10 nitrogen and oxygen atoms in total. The van der Waals surface area contributed by atoms with E-state index in [2.05, 4.69) is 5.32 Å². The molecule has 0 aliphatic rings. The topological polar surface area (TPSA) is 125 Å². The van der Waals surface area contributed by atoms with Crippen LogP contribution in [-0.2, 0) is 23.9 Å². The monoisotopic (exact) mass is 515 g/mol. The molecule has 10 heteroatoms. The third-order valence-electron chi connectivity index (χ3n) is 6.83. The standard InChI is InChI=1S/C26H49N3O7/c1-14-17(6)26(23(32)33,18(7)35-13)29(12)20(16(4)5)22(31)27-21(30)19(15(2)3)28(11)24(34)36-25(8,9)10/h15-20H,14H2,1-13H3,(H,32,33)(H,27,30,31)/t17-,18+,19-,20-,26-/m0/s1. The number of nitrogens with zero attached hydrogens (tertiary/aromatic N) is 2. The van der Waals surface area contributed by atoms with E-state index in [9.17, 15) is 24.3 Å². The fraction of sp³-hybridized carbons (Fsp3) is 0.846. The number of methoxy groups -OCH3 is 1. The van der Waals surface area contributed by atoms with Gasteiger partial charge in [0, 0.05) is 14.2 Å². The molecule has 36 heavy (non-hydrogen) atoms. The maximum Gasteiger partial charge on any atom is 0.410 e. The summed E-state index contributed by atoms with van der Waals surface area (Å²) in [6, 6.07) is -1.94. The van der Waals surface area contributed by atoms with Crippen molar-refractivity contribution >= 4 is 23.9 Å². The van der Waals surface area contributed by atoms with Crippen molar-refractivity contribution in [1.29, 1.82) is 0 Å². The van der Waals surface area contributed by atoms with Gasteiger partial charge in [-0.15, -0.1) is 0 Å². The van der Waals surface area contributed by atoms with Gasteiger partial charge in [-0.2, -0.15) is 0 Å². The summed E-state index contributed by atoms with van der Waals surface area (Å²) >= 11 is 0. The lowest BCUT2D eigenvalue weighted by atomic mass is 9.76. The van der Waals surface area contributed by atoms with Crippen molar-refractivity contribution in [1.82, 2.24) is 15.1 Å². The van der Waals surface area contributed by atoms with E-state index in [4.69, 9.17) is 9.47 Å². The Kier molecular flexibility index (Phi) is 12.6. The molecule has 0 bridgehead atoms. The minimum Gasteiger partial charge on any atom is -0.480 e. The Morgan fingerprint density at radius 1 is 0.889 bits per heavy atom. The second-order valence-corrected chi connectivity index (χ2v) is 11.3. The number of carboxylic acid groups (broad SMARTS) is 1. The van der Waals surface area contributed by atoms with Crippen LogP contribution in [0, 0.1) is 17.8 Å². The molecule has 0 aliphatic carbocycles. The first-order valence-electron chi connectivity index (χ1n) is 12.6. The summed E-state index contributed by atoms with van der Waals surface area (Å²) in [5, 5.41) is 12.8. The lowest BCUT2D eigenvalue weighted by molar-refractivity contribution is -0.173. The molecule has 0 rings (SSSR count). The molecule has 0 aromatic rings. The highest BCUT2D eigenvalue weighted by Gasteiger charge is 2.55. The lowest BCUT2D eigenvalue weighted by Crippen LogP contribution is -2.69. The van der Waals surface area contributed by atoms with Gasteiger partial charge in [-0.05, 0) is 52.5 Å². The highest BCUT2D eigenvalue weighted by Crippen LogP contribution is 2.35. The molecular weight excluding hydrogens is 466 g/mol. The quantitative estimate of drug-likeness (QED) is 0.405. The van der Waals surface area contributed by atoms with E-state index in [-0.39, 0.29) is 17.8 Å². The van der Waals surface area contributed by atoms with Crippen LogP contribution in [0.2, 0.25) is 0 Å². The second kappa shape index (κ2) is 13.4. The van der Waals surface area contributed by atoms with Gasteiger partial charge >= 0.3 is 12.1 Å². The number of carbonyl (C=O) groups excluding carboxylic acids is 3. The summed E-state index contributed by atoms with van der Waals surface area (Å²) < 4.78 is 10.9. The molecule has 0 aromatic carbocycles. The first-order valence-corrected chi connectivity index (χ1v) is 12.6. The predicted octanol–water partition coefficient (Wildman–Crippen LogP) is 3.38. The maximum atomic E-state index is 13.5. The summed E-state index contributed by atoms with van der Waals surface area (Å²) in [4.78, 5) is 54.9. The van der Waals surface area contributed by atoms with E-state index >= 15 is 0 Å². The van der Waals surface area contributed by atoms with Crippen molar-refractivity contribution in [2.24, 2.45) is 17.8 Å². The van der Waals surface area contributed by atoms with Gasteiger partial charge in [0.2, 0.25) is 11.8 Å². The number of carbonyl (C=O) groups is 4. The van der Waals surface area contributed by atoms with Gasteiger partial charge in [0.1, 0.15) is 17.2 Å². The minimum absolute atomic E-state index is 0.322. The predicted molar refractivity (Wildman–Crippen MR) is 138 cm³/mol. The van der Waals surface area contributed by atoms with Crippen LogP contribution in [0.15, 0.2) is 0 Å². The Labute approximate surface area is 217 Å². The van der Waals surface area contributed by atoms with Crippen LogP contribution in [0.1, 0.15) is 75.7 Å². The smallest absolute Gasteiger partial charge is 0.410 e. The molecule has 0 fully saturated rings. The lowest BCUT2D eigenvalue weighted by Gasteiger charge is -2.49. The first-order chi connectivity index (χ1) is 16.3. The molecule has 0 saturated carbocycles. The molecule has 0 saturated heterocycles. The Hall–Kier alpha value is -2.20. The van der Waals surface area contributed by atoms with E-state index in [0.717, 1.165) is 0 Å². The number of rotatable bonds is 12. The minimum atomic E-state index is -1.52. The summed E-state index contributed by atoms with van der Waals surface area (Å²) in [6.07, 6.45) is -0.899. The fourth-order valence-corrected chi connectivity index (χ4v) is 4.86. The highest BCUT2D eigenvalue weighted by molar-refractivity contribution is 6.01. The maximum absolute atomic E-state index is 13.5. The number of nitrogens with one attached hydrogen (secondary N) is 1. The molecule has 0 radical (unpaired) electrons. The van der Waals surface area contributed by atoms with Crippen LogP contribution >= 0.6 is 0 Å². The molecule has 0 aromatic heterocycles. The summed E-state index contributed by atoms with van der Waals surface area (Å²) in [5.41, 5.74) is -2.28. The zero-order valence-corrected chi connectivity index (χ0v) is 24.5. The van der Waals surface area contributed by atoms with E-state index in [1.807, 2.05) is 13.8 Å². The molecule has 2 N–H and O–H groups in total. The van der Waals surface area contributed by atoms with Crippen molar-refractivity contribution in [3.05, 3.63) is 0 Å². The molecule has 0 unspecified atom stereocenters.